The third-order valence-corrected chi connectivity index (χ3v) is 5.91. The fraction of sp³-hybridized carbons (Fsp3) is 0.524. The molecule has 0 aliphatic carbocycles. The summed E-state index contributed by atoms with van der Waals surface area (Å²) < 4.78 is 11.6. The second-order valence-electron chi connectivity index (χ2n) is 8.97. The van der Waals surface area contributed by atoms with Crippen molar-refractivity contribution in [1.82, 2.24) is 0 Å². The quantitative estimate of drug-likeness (QED) is 0.801. The van der Waals surface area contributed by atoms with Crippen LogP contribution in [0.1, 0.15) is 40.2 Å². The number of fused-ring (bicyclic) bond motifs is 2. The Hall–Kier alpha value is -1.82. The third-order valence-electron chi connectivity index (χ3n) is 5.91. The van der Waals surface area contributed by atoms with Crippen molar-refractivity contribution >= 4 is 10.8 Å². The van der Waals surface area contributed by atoms with E-state index in [1.54, 1.807) is 13.2 Å². The second-order valence-corrected chi connectivity index (χ2v) is 8.97. The maximum atomic E-state index is 10.8. The first-order chi connectivity index (χ1) is 12.1. The van der Waals surface area contributed by atoms with Gasteiger partial charge in [0.15, 0.2) is 5.60 Å². The van der Waals surface area contributed by atoms with Crippen LogP contribution in [-0.4, -0.2) is 24.4 Å². The van der Waals surface area contributed by atoms with Gasteiger partial charge in [-0.15, -0.1) is 0 Å². The molecule has 2 aromatic carbocycles. The lowest BCUT2D eigenvalue weighted by Gasteiger charge is -2.61. The first-order valence-corrected chi connectivity index (χ1v) is 8.90. The summed E-state index contributed by atoms with van der Waals surface area (Å²) in [6.45, 7) is 11.0. The largest absolute Gasteiger partial charge is 0.507 e. The fourth-order valence-electron chi connectivity index (χ4n) is 4.87. The van der Waals surface area contributed by atoms with E-state index >= 15 is 0 Å². The normalized spacial score (nSPS) is 30.1. The van der Waals surface area contributed by atoms with Gasteiger partial charge in [0.25, 0.3) is 5.79 Å². The summed E-state index contributed by atoms with van der Waals surface area (Å²) in [4.78, 5) is 11.5. The Morgan fingerprint density at radius 3 is 2.35 bits per heavy atom. The number of hydrogen-bond acceptors (Lipinski definition) is 5. The molecular weight excluding hydrogens is 332 g/mol. The van der Waals surface area contributed by atoms with Crippen LogP contribution in [0, 0.1) is 10.8 Å². The van der Waals surface area contributed by atoms with E-state index in [9.17, 15) is 5.11 Å². The Bertz CT molecular complexity index is 882. The van der Waals surface area contributed by atoms with Gasteiger partial charge in [-0.25, -0.2) is 4.89 Å². The first-order valence-electron chi connectivity index (χ1n) is 8.90. The Balaban J connectivity index is 1.96. The highest BCUT2D eigenvalue weighted by atomic mass is 17.3. The van der Waals surface area contributed by atoms with Crippen LogP contribution < -0.4 is 4.74 Å². The molecular formula is C21H26O5. The van der Waals surface area contributed by atoms with E-state index < -0.39 is 11.4 Å². The van der Waals surface area contributed by atoms with Crippen LogP contribution in [-0.2, 0) is 20.3 Å². The van der Waals surface area contributed by atoms with E-state index in [1.165, 1.54) is 0 Å². The SMILES string of the molecule is COc1ccc2cc(O)c(C34OCC(C)(C)C3(C(C)(C)C)OO4)cc2c1. The number of hydrogen-bond donors (Lipinski definition) is 1. The van der Waals surface area contributed by atoms with Gasteiger partial charge in [-0.2, -0.15) is 4.89 Å². The minimum absolute atomic E-state index is 0.136. The fourth-order valence-corrected chi connectivity index (χ4v) is 4.87. The summed E-state index contributed by atoms with van der Waals surface area (Å²) in [5.74, 6) is -0.250. The lowest BCUT2D eigenvalue weighted by Crippen LogP contribution is -2.73. The predicted octanol–water partition coefficient (Wildman–Crippen LogP) is 4.51. The van der Waals surface area contributed by atoms with Gasteiger partial charge < -0.3 is 14.6 Å². The molecule has 4 rings (SSSR count). The van der Waals surface area contributed by atoms with Crippen LogP contribution in [0.2, 0.25) is 0 Å². The topological polar surface area (TPSA) is 57.2 Å². The van der Waals surface area contributed by atoms with Gasteiger partial charge >= 0.3 is 0 Å². The van der Waals surface area contributed by atoms with Crippen LogP contribution in [0.3, 0.4) is 0 Å². The van der Waals surface area contributed by atoms with Crippen LogP contribution in [0.4, 0.5) is 0 Å². The van der Waals surface area contributed by atoms with Crippen LogP contribution in [0.5, 0.6) is 11.5 Å². The Morgan fingerprint density at radius 1 is 1.04 bits per heavy atom. The van der Waals surface area contributed by atoms with Crippen molar-refractivity contribution in [1.29, 1.82) is 0 Å². The molecule has 2 heterocycles. The summed E-state index contributed by atoms with van der Waals surface area (Å²) in [6, 6.07) is 9.38. The lowest BCUT2D eigenvalue weighted by atomic mass is 9.57. The molecule has 0 spiro atoms. The highest BCUT2D eigenvalue weighted by Gasteiger charge is 2.81. The summed E-state index contributed by atoms with van der Waals surface area (Å²) in [5, 5.41) is 12.7. The van der Waals surface area contributed by atoms with Crippen molar-refractivity contribution in [3.63, 3.8) is 0 Å². The average Bonchev–Trinajstić information content (AvgIpc) is 2.68. The zero-order valence-corrected chi connectivity index (χ0v) is 16.2. The molecule has 0 saturated carbocycles. The van der Waals surface area contributed by atoms with Crippen molar-refractivity contribution in [2.75, 3.05) is 13.7 Å². The number of benzene rings is 2. The lowest BCUT2D eigenvalue weighted by molar-refractivity contribution is -0.626. The number of phenolic OH excluding ortho intramolecular Hbond substituents is 1. The van der Waals surface area contributed by atoms with Crippen LogP contribution in [0.15, 0.2) is 30.3 Å². The molecule has 2 aromatic rings. The van der Waals surface area contributed by atoms with Gasteiger partial charge in [0.1, 0.15) is 11.5 Å². The molecule has 2 aliphatic rings. The highest BCUT2D eigenvalue weighted by Crippen LogP contribution is 2.70. The van der Waals surface area contributed by atoms with Crippen molar-refractivity contribution < 1.29 is 24.4 Å². The molecule has 0 radical (unpaired) electrons. The minimum Gasteiger partial charge on any atom is -0.507 e. The zero-order chi connectivity index (χ0) is 19.0. The highest BCUT2D eigenvalue weighted by molar-refractivity contribution is 5.86. The first kappa shape index (κ1) is 17.6. The van der Waals surface area contributed by atoms with Gasteiger partial charge in [-0.05, 0) is 35.0 Å². The number of phenols is 1. The molecule has 26 heavy (non-hydrogen) atoms. The minimum atomic E-state index is -1.14. The molecule has 5 nitrogen and oxygen atoms in total. The van der Waals surface area contributed by atoms with E-state index in [4.69, 9.17) is 19.2 Å². The Labute approximate surface area is 153 Å². The zero-order valence-electron chi connectivity index (χ0n) is 16.2. The van der Waals surface area contributed by atoms with Crippen molar-refractivity contribution in [3.8, 4) is 11.5 Å². The van der Waals surface area contributed by atoms with Crippen molar-refractivity contribution in [3.05, 3.63) is 35.9 Å². The number of rotatable bonds is 2. The number of ether oxygens (including phenoxy) is 2. The molecule has 140 valence electrons. The smallest absolute Gasteiger partial charge is 0.265 e. The Kier molecular flexibility index (Phi) is 3.47. The van der Waals surface area contributed by atoms with Crippen molar-refractivity contribution in [2.24, 2.45) is 10.8 Å². The summed E-state index contributed by atoms with van der Waals surface area (Å²) in [6.07, 6.45) is 0. The van der Waals surface area contributed by atoms with E-state index in [1.807, 2.05) is 24.3 Å². The molecule has 1 N–H and O–H groups in total. The van der Waals surface area contributed by atoms with Gasteiger partial charge in [-0.3, -0.25) is 0 Å². The molecule has 2 unspecified atom stereocenters. The molecule has 2 fully saturated rings. The maximum absolute atomic E-state index is 10.8. The van der Waals surface area contributed by atoms with Crippen LogP contribution >= 0.6 is 0 Å². The monoisotopic (exact) mass is 358 g/mol. The summed E-state index contributed by atoms with van der Waals surface area (Å²) >= 11 is 0. The van der Waals surface area contributed by atoms with E-state index in [2.05, 4.69) is 34.6 Å². The second kappa shape index (κ2) is 5.12. The Morgan fingerprint density at radius 2 is 1.77 bits per heavy atom. The molecule has 0 aromatic heterocycles. The maximum Gasteiger partial charge on any atom is 0.265 e. The van der Waals surface area contributed by atoms with Crippen molar-refractivity contribution in [2.45, 2.75) is 46.0 Å². The van der Waals surface area contributed by atoms with E-state index in [-0.39, 0.29) is 16.6 Å². The number of aromatic hydroxyl groups is 1. The third kappa shape index (κ3) is 1.91. The van der Waals surface area contributed by atoms with Gasteiger partial charge in [-0.1, -0.05) is 40.7 Å². The molecule has 0 amide bonds. The van der Waals surface area contributed by atoms with Gasteiger partial charge in [0.05, 0.1) is 19.3 Å². The summed E-state index contributed by atoms with van der Waals surface area (Å²) in [7, 11) is 1.64. The molecule has 0 bridgehead atoms. The molecule has 2 atom stereocenters. The van der Waals surface area contributed by atoms with E-state index in [0.717, 1.165) is 16.5 Å². The number of methoxy groups -OCH3 is 1. The van der Waals surface area contributed by atoms with Gasteiger partial charge in [0, 0.05) is 10.8 Å². The predicted molar refractivity (Wildman–Crippen MR) is 97.9 cm³/mol. The summed E-state index contributed by atoms with van der Waals surface area (Å²) in [5.41, 5.74) is -0.706. The van der Waals surface area contributed by atoms with Crippen LogP contribution in [0.25, 0.3) is 10.8 Å². The molecule has 2 aliphatic heterocycles. The van der Waals surface area contributed by atoms with Gasteiger partial charge in [0.2, 0.25) is 0 Å². The standard InChI is InChI=1S/C21H26O5/c1-18(2,3)21-19(4,5)12-24-20(21,25-26-21)16-10-14-9-15(23-6)8-7-13(14)11-17(16)22/h7-11,22H,12H2,1-6H3. The van der Waals surface area contributed by atoms with E-state index in [0.29, 0.717) is 12.2 Å². The molecule has 5 heteroatoms. The molecule has 2 saturated heterocycles. The average molecular weight is 358 g/mol.